The predicted octanol–water partition coefficient (Wildman–Crippen LogP) is 0.822. The molecular weight excluding hydrogens is 258 g/mol. The first-order valence-electron chi connectivity index (χ1n) is 7.04. The van der Waals surface area contributed by atoms with E-state index in [-0.39, 0.29) is 18.6 Å². The van der Waals surface area contributed by atoms with E-state index in [9.17, 15) is 9.59 Å². The topological polar surface area (TPSA) is 61.9 Å². The quantitative estimate of drug-likeness (QED) is 0.759. The maximum Gasteiger partial charge on any atom is 0.336 e. The molecule has 3 aliphatic heterocycles. The largest absolute Gasteiger partial charge is 0.456 e. The zero-order chi connectivity index (χ0) is 14.1. The van der Waals surface area contributed by atoms with Gasteiger partial charge < -0.3 is 10.1 Å². The number of nitrogens with one attached hydrogen (secondary N) is 1. The number of nitrogens with zero attached hydrogens (tertiary/aromatic N) is 2. The van der Waals surface area contributed by atoms with E-state index in [1.165, 1.54) is 0 Å². The standard InChI is InChI=1S/C14H19N3O3/c1-10-12(9-20-13(10)18)17-8-2-7-16(14(17)19)11-3-5-15-6-4-11/h3,15H,2,4-9H2,1H3. The van der Waals surface area contributed by atoms with Crippen molar-refractivity contribution in [1.29, 1.82) is 0 Å². The molecule has 0 atom stereocenters. The molecule has 6 nitrogen and oxygen atoms in total. The molecule has 3 heterocycles. The lowest BCUT2D eigenvalue weighted by Gasteiger charge is -2.38. The maximum absolute atomic E-state index is 12.7. The van der Waals surface area contributed by atoms with Gasteiger partial charge in [-0.3, -0.25) is 9.80 Å². The molecule has 1 N–H and O–H groups in total. The summed E-state index contributed by atoms with van der Waals surface area (Å²) in [6, 6.07) is -0.0305. The fraction of sp³-hybridized carbons (Fsp3) is 0.571. The highest BCUT2D eigenvalue weighted by Gasteiger charge is 2.34. The van der Waals surface area contributed by atoms with Crippen LogP contribution in [0.1, 0.15) is 19.8 Å². The fourth-order valence-corrected chi connectivity index (χ4v) is 2.85. The highest BCUT2D eigenvalue weighted by atomic mass is 16.5. The van der Waals surface area contributed by atoms with E-state index in [4.69, 9.17) is 4.74 Å². The summed E-state index contributed by atoms with van der Waals surface area (Å²) < 4.78 is 5.01. The van der Waals surface area contributed by atoms with Crippen molar-refractivity contribution in [1.82, 2.24) is 15.1 Å². The number of esters is 1. The Labute approximate surface area is 118 Å². The second kappa shape index (κ2) is 5.28. The molecule has 0 unspecified atom stereocenters. The number of carbonyl (C=O) groups excluding carboxylic acids is 2. The summed E-state index contributed by atoms with van der Waals surface area (Å²) in [5.74, 6) is -0.314. The van der Waals surface area contributed by atoms with Gasteiger partial charge in [0.25, 0.3) is 0 Å². The summed E-state index contributed by atoms with van der Waals surface area (Å²) in [5, 5.41) is 3.25. The molecule has 0 aromatic rings. The Morgan fingerprint density at radius 2 is 2.05 bits per heavy atom. The van der Waals surface area contributed by atoms with E-state index in [0.717, 1.165) is 43.9 Å². The molecule has 1 saturated heterocycles. The van der Waals surface area contributed by atoms with Gasteiger partial charge in [0.1, 0.15) is 6.61 Å². The summed E-state index contributed by atoms with van der Waals surface area (Å²) in [6.07, 6.45) is 3.84. The summed E-state index contributed by atoms with van der Waals surface area (Å²) in [5.41, 5.74) is 2.36. The fourth-order valence-electron chi connectivity index (χ4n) is 2.85. The smallest absolute Gasteiger partial charge is 0.336 e. The number of carbonyl (C=O) groups is 2. The minimum Gasteiger partial charge on any atom is -0.456 e. The highest BCUT2D eigenvalue weighted by molar-refractivity contribution is 5.92. The highest BCUT2D eigenvalue weighted by Crippen LogP contribution is 2.26. The van der Waals surface area contributed by atoms with Crippen molar-refractivity contribution in [3.8, 4) is 0 Å². The van der Waals surface area contributed by atoms with Crippen LogP contribution < -0.4 is 5.32 Å². The van der Waals surface area contributed by atoms with E-state index < -0.39 is 0 Å². The molecule has 0 bridgehead atoms. The SMILES string of the molecule is CC1=C(N2CCCN(C3=CCNCC3)C2=O)COC1=O. The summed E-state index contributed by atoms with van der Waals surface area (Å²) in [6.45, 7) is 5.05. The number of rotatable bonds is 2. The number of urea groups is 1. The number of hydrogen-bond donors (Lipinski definition) is 1. The molecular formula is C14H19N3O3. The van der Waals surface area contributed by atoms with Gasteiger partial charge in [0.2, 0.25) is 0 Å². The molecule has 108 valence electrons. The Morgan fingerprint density at radius 3 is 2.70 bits per heavy atom. The van der Waals surface area contributed by atoms with Crippen molar-refractivity contribution in [2.45, 2.75) is 19.8 Å². The lowest BCUT2D eigenvalue weighted by atomic mass is 10.1. The molecule has 3 aliphatic rings. The van der Waals surface area contributed by atoms with E-state index in [1.807, 2.05) is 4.90 Å². The maximum atomic E-state index is 12.7. The van der Waals surface area contributed by atoms with E-state index in [2.05, 4.69) is 11.4 Å². The average molecular weight is 277 g/mol. The molecule has 0 aromatic carbocycles. The molecule has 1 fully saturated rings. The van der Waals surface area contributed by atoms with Gasteiger partial charge in [-0.25, -0.2) is 9.59 Å². The lowest BCUT2D eigenvalue weighted by molar-refractivity contribution is -0.136. The van der Waals surface area contributed by atoms with Crippen molar-refractivity contribution in [2.24, 2.45) is 0 Å². The zero-order valence-electron chi connectivity index (χ0n) is 11.6. The Hall–Kier alpha value is -1.82. The van der Waals surface area contributed by atoms with Crippen LogP contribution in [0.25, 0.3) is 0 Å². The third-order valence-corrected chi connectivity index (χ3v) is 4.02. The Bertz CT molecular complexity index is 510. The Morgan fingerprint density at radius 1 is 1.25 bits per heavy atom. The van der Waals surface area contributed by atoms with Crippen LogP contribution in [0, 0.1) is 0 Å². The third-order valence-electron chi connectivity index (χ3n) is 4.02. The lowest BCUT2D eigenvalue weighted by Crippen LogP contribution is -2.49. The summed E-state index contributed by atoms with van der Waals surface area (Å²) >= 11 is 0. The van der Waals surface area contributed by atoms with Gasteiger partial charge in [-0.2, -0.15) is 0 Å². The van der Waals surface area contributed by atoms with Gasteiger partial charge in [0, 0.05) is 38.3 Å². The minimum absolute atomic E-state index is 0.0305. The summed E-state index contributed by atoms with van der Waals surface area (Å²) in [4.78, 5) is 27.7. The molecule has 0 aliphatic carbocycles. The van der Waals surface area contributed by atoms with Gasteiger partial charge in [-0.1, -0.05) is 6.08 Å². The average Bonchev–Trinajstić information content (AvgIpc) is 2.80. The van der Waals surface area contributed by atoms with Crippen molar-refractivity contribution in [3.63, 3.8) is 0 Å². The van der Waals surface area contributed by atoms with Crippen LogP contribution in [0.15, 0.2) is 23.0 Å². The normalized spacial score (nSPS) is 24.1. The monoisotopic (exact) mass is 277 g/mol. The third kappa shape index (κ3) is 2.20. The second-order valence-corrected chi connectivity index (χ2v) is 5.24. The number of cyclic esters (lactones) is 1. The van der Waals surface area contributed by atoms with Crippen molar-refractivity contribution >= 4 is 12.0 Å². The van der Waals surface area contributed by atoms with Gasteiger partial charge >= 0.3 is 12.0 Å². The number of hydrogen-bond acceptors (Lipinski definition) is 4. The Balaban J connectivity index is 1.82. The zero-order valence-corrected chi connectivity index (χ0v) is 11.6. The first kappa shape index (κ1) is 13.2. The molecule has 0 saturated carbocycles. The van der Waals surface area contributed by atoms with Crippen molar-refractivity contribution in [3.05, 3.63) is 23.0 Å². The number of ether oxygens (including phenoxy) is 1. The van der Waals surface area contributed by atoms with Crippen LogP contribution in [-0.4, -0.2) is 54.6 Å². The van der Waals surface area contributed by atoms with Crippen LogP contribution in [-0.2, 0) is 9.53 Å². The van der Waals surface area contributed by atoms with Crippen molar-refractivity contribution < 1.29 is 14.3 Å². The van der Waals surface area contributed by atoms with Crippen LogP contribution >= 0.6 is 0 Å². The van der Waals surface area contributed by atoms with E-state index in [1.54, 1.807) is 11.8 Å². The summed E-state index contributed by atoms with van der Waals surface area (Å²) in [7, 11) is 0. The van der Waals surface area contributed by atoms with Crippen molar-refractivity contribution in [2.75, 3.05) is 32.8 Å². The molecule has 0 radical (unpaired) electrons. The molecule has 0 spiro atoms. The number of amides is 2. The van der Waals surface area contributed by atoms with Gasteiger partial charge in [-0.15, -0.1) is 0 Å². The van der Waals surface area contributed by atoms with Gasteiger partial charge in [0.15, 0.2) is 0 Å². The minimum atomic E-state index is -0.314. The molecule has 6 heteroatoms. The van der Waals surface area contributed by atoms with Gasteiger partial charge in [0.05, 0.1) is 11.3 Å². The molecule has 0 aromatic heterocycles. The Kier molecular flexibility index (Phi) is 3.48. The van der Waals surface area contributed by atoms with Crippen LogP contribution in [0.3, 0.4) is 0 Å². The van der Waals surface area contributed by atoms with E-state index >= 15 is 0 Å². The van der Waals surface area contributed by atoms with Crippen LogP contribution in [0.4, 0.5) is 4.79 Å². The first-order valence-corrected chi connectivity index (χ1v) is 7.04. The first-order chi connectivity index (χ1) is 9.68. The predicted molar refractivity (Wildman–Crippen MR) is 72.7 cm³/mol. The van der Waals surface area contributed by atoms with Gasteiger partial charge in [-0.05, 0) is 13.3 Å². The molecule has 20 heavy (non-hydrogen) atoms. The molecule has 3 rings (SSSR count). The van der Waals surface area contributed by atoms with Crippen LogP contribution in [0.5, 0.6) is 0 Å². The second-order valence-electron chi connectivity index (χ2n) is 5.24. The van der Waals surface area contributed by atoms with Crippen LogP contribution in [0.2, 0.25) is 0 Å². The van der Waals surface area contributed by atoms with E-state index in [0.29, 0.717) is 12.1 Å². The molecule has 2 amide bonds.